The van der Waals surface area contributed by atoms with E-state index in [0.29, 0.717) is 25.8 Å². The van der Waals surface area contributed by atoms with Gasteiger partial charge >= 0.3 is 6.09 Å². The maximum Gasteiger partial charge on any atom is 0.410 e. The lowest BCUT2D eigenvalue weighted by Gasteiger charge is -2.32. The molecule has 1 saturated heterocycles. The number of rotatable bonds is 5. The van der Waals surface area contributed by atoms with Gasteiger partial charge in [-0.2, -0.15) is 9.57 Å². The minimum Gasteiger partial charge on any atom is -0.444 e. The number of benzene rings is 1. The van der Waals surface area contributed by atoms with Crippen LogP contribution in [0.4, 0.5) is 10.5 Å². The van der Waals surface area contributed by atoms with Crippen molar-refractivity contribution in [3.05, 3.63) is 34.4 Å². The number of nitro benzene ring substituents is 1. The molecule has 1 heterocycles. The first-order chi connectivity index (χ1) is 13.9. The minimum absolute atomic E-state index is 0.116. The molecule has 0 unspecified atom stereocenters. The Bertz CT molecular complexity index is 989. The van der Waals surface area contributed by atoms with Gasteiger partial charge in [0.05, 0.1) is 15.9 Å². The van der Waals surface area contributed by atoms with Crippen LogP contribution in [0.5, 0.6) is 0 Å². The summed E-state index contributed by atoms with van der Waals surface area (Å²) in [5.41, 5.74) is -2.06. The van der Waals surface area contributed by atoms with Gasteiger partial charge in [0.2, 0.25) is 10.0 Å². The van der Waals surface area contributed by atoms with E-state index in [2.05, 4.69) is 6.07 Å². The van der Waals surface area contributed by atoms with Crippen molar-refractivity contribution >= 4 is 21.8 Å². The van der Waals surface area contributed by atoms with E-state index in [0.717, 1.165) is 12.1 Å². The highest BCUT2D eigenvalue weighted by Gasteiger charge is 2.57. The average molecular weight is 436 g/mol. The van der Waals surface area contributed by atoms with E-state index in [4.69, 9.17) is 4.74 Å². The Kier molecular flexibility index (Phi) is 5.51. The van der Waals surface area contributed by atoms with Gasteiger partial charge in [0.1, 0.15) is 11.1 Å². The highest BCUT2D eigenvalue weighted by atomic mass is 32.2. The molecule has 0 radical (unpaired) electrons. The van der Waals surface area contributed by atoms with E-state index < -0.39 is 38.2 Å². The lowest BCUT2D eigenvalue weighted by Crippen LogP contribution is -2.49. The minimum atomic E-state index is -4.11. The summed E-state index contributed by atoms with van der Waals surface area (Å²) in [4.78, 5) is 24.0. The Morgan fingerprint density at radius 1 is 1.33 bits per heavy atom. The average Bonchev–Trinajstić information content (AvgIpc) is 3.28. The second kappa shape index (κ2) is 7.52. The van der Waals surface area contributed by atoms with E-state index in [1.54, 1.807) is 20.8 Å². The largest absolute Gasteiger partial charge is 0.444 e. The second-order valence-electron chi connectivity index (χ2n) is 8.56. The van der Waals surface area contributed by atoms with Gasteiger partial charge < -0.3 is 9.64 Å². The van der Waals surface area contributed by atoms with Crippen LogP contribution in [0.1, 0.15) is 40.0 Å². The van der Waals surface area contributed by atoms with Crippen LogP contribution in [0, 0.1) is 21.4 Å². The molecule has 1 aromatic rings. The Morgan fingerprint density at radius 2 is 1.93 bits per heavy atom. The van der Waals surface area contributed by atoms with Gasteiger partial charge in [0.25, 0.3) is 5.69 Å². The van der Waals surface area contributed by atoms with Crippen molar-refractivity contribution in [2.24, 2.45) is 0 Å². The Hall–Kier alpha value is -2.71. The summed E-state index contributed by atoms with van der Waals surface area (Å²) in [6.07, 6.45) is 0.645. The second-order valence-corrected chi connectivity index (χ2v) is 10.4. The topological polar surface area (TPSA) is 134 Å². The SMILES string of the molecule is CC(C)(C)OC(=O)N1CC[C@@H](N(C2(C#N)CC2)S(=O)(=O)c2ccc([N+](=O)[O-])cc2)C1. The molecule has 1 aromatic carbocycles. The fourth-order valence-corrected chi connectivity index (χ4v) is 5.51. The standard InChI is InChI=1S/C19H24N4O6S/c1-18(2,3)29-17(24)21-11-8-15(12-21)22(19(13-20)9-10-19)30(27,28)16-6-4-14(5-7-16)23(25)26/h4-7,15H,8-12H2,1-3H3/t15-/m1/s1. The molecule has 10 nitrogen and oxygen atoms in total. The smallest absolute Gasteiger partial charge is 0.410 e. The van der Waals surface area contributed by atoms with E-state index in [-0.39, 0.29) is 17.1 Å². The maximum atomic E-state index is 13.4. The number of carbonyl (C=O) groups is 1. The summed E-state index contributed by atoms with van der Waals surface area (Å²) in [7, 11) is -4.11. The molecular weight excluding hydrogens is 412 g/mol. The van der Waals surface area contributed by atoms with Crippen molar-refractivity contribution < 1.29 is 22.9 Å². The van der Waals surface area contributed by atoms with Crippen molar-refractivity contribution in [1.82, 2.24) is 9.21 Å². The first-order valence-electron chi connectivity index (χ1n) is 9.58. The number of sulfonamides is 1. The molecule has 11 heteroatoms. The van der Waals surface area contributed by atoms with Gasteiger partial charge in [-0.05, 0) is 52.2 Å². The zero-order valence-corrected chi connectivity index (χ0v) is 17.9. The molecule has 162 valence electrons. The Labute approximate surface area is 175 Å². The van der Waals surface area contributed by atoms with Crippen molar-refractivity contribution in [2.75, 3.05) is 13.1 Å². The molecule has 1 aliphatic carbocycles. The predicted octanol–water partition coefficient (Wildman–Crippen LogP) is 2.65. The third-order valence-electron chi connectivity index (χ3n) is 5.10. The molecule has 0 N–H and O–H groups in total. The van der Waals surface area contributed by atoms with Crippen molar-refractivity contribution in [2.45, 2.75) is 62.1 Å². The summed E-state index contributed by atoms with van der Waals surface area (Å²) < 4.78 is 33.4. The van der Waals surface area contributed by atoms with Crippen LogP contribution in [-0.4, -0.2) is 58.9 Å². The maximum absolute atomic E-state index is 13.4. The molecule has 1 saturated carbocycles. The summed E-state index contributed by atoms with van der Waals surface area (Å²) in [5.74, 6) is 0. The van der Waals surface area contributed by atoms with E-state index >= 15 is 0 Å². The molecule has 30 heavy (non-hydrogen) atoms. The number of non-ortho nitro benzene ring substituents is 1. The molecule has 3 rings (SSSR count). The Balaban J connectivity index is 1.89. The van der Waals surface area contributed by atoms with Crippen LogP contribution in [0.2, 0.25) is 0 Å². The lowest BCUT2D eigenvalue weighted by atomic mass is 10.2. The zero-order chi connectivity index (χ0) is 22.3. The number of ether oxygens (including phenoxy) is 1. The molecular formula is C19H24N4O6S. The van der Waals surface area contributed by atoms with Crippen LogP contribution in [0.15, 0.2) is 29.2 Å². The summed E-state index contributed by atoms with van der Waals surface area (Å²) in [5, 5.41) is 20.6. The van der Waals surface area contributed by atoms with Gasteiger partial charge in [-0.3, -0.25) is 10.1 Å². The highest BCUT2D eigenvalue weighted by Crippen LogP contribution is 2.46. The molecule has 0 aromatic heterocycles. The number of nitrogens with zero attached hydrogens (tertiary/aromatic N) is 4. The molecule has 2 fully saturated rings. The van der Waals surface area contributed by atoms with Gasteiger partial charge in [-0.1, -0.05) is 0 Å². The number of carbonyl (C=O) groups excluding carboxylic acids is 1. The van der Waals surface area contributed by atoms with E-state index in [1.165, 1.54) is 21.3 Å². The van der Waals surface area contributed by atoms with Crippen molar-refractivity contribution in [3.63, 3.8) is 0 Å². The number of hydrogen-bond acceptors (Lipinski definition) is 7. The van der Waals surface area contributed by atoms with Gasteiger partial charge in [-0.25, -0.2) is 13.2 Å². The van der Waals surface area contributed by atoms with Crippen molar-refractivity contribution in [1.29, 1.82) is 5.26 Å². The lowest BCUT2D eigenvalue weighted by molar-refractivity contribution is -0.384. The van der Waals surface area contributed by atoms with Crippen LogP contribution >= 0.6 is 0 Å². The van der Waals surface area contributed by atoms with Gasteiger partial charge in [0.15, 0.2) is 0 Å². The van der Waals surface area contributed by atoms with Crippen LogP contribution in [-0.2, 0) is 14.8 Å². The normalized spacial score (nSPS) is 20.6. The Morgan fingerprint density at radius 3 is 2.40 bits per heavy atom. The molecule has 1 amide bonds. The first-order valence-corrected chi connectivity index (χ1v) is 11.0. The summed E-state index contributed by atoms with van der Waals surface area (Å²) in [6.45, 7) is 5.67. The summed E-state index contributed by atoms with van der Waals surface area (Å²) in [6, 6.07) is 6.14. The van der Waals surface area contributed by atoms with Crippen LogP contribution < -0.4 is 0 Å². The number of amides is 1. The molecule has 0 spiro atoms. The first kappa shape index (κ1) is 22.0. The number of nitriles is 1. The highest BCUT2D eigenvalue weighted by molar-refractivity contribution is 7.89. The molecule has 1 aliphatic heterocycles. The van der Waals surface area contributed by atoms with Gasteiger partial charge in [0, 0.05) is 31.3 Å². The van der Waals surface area contributed by atoms with E-state index in [9.17, 15) is 28.6 Å². The zero-order valence-electron chi connectivity index (χ0n) is 17.1. The molecule has 2 aliphatic rings. The quantitative estimate of drug-likeness (QED) is 0.511. The van der Waals surface area contributed by atoms with Crippen LogP contribution in [0.25, 0.3) is 0 Å². The number of hydrogen-bond donors (Lipinski definition) is 0. The van der Waals surface area contributed by atoms with Gasteiger partial charge in [-0.15, -0.1) is 0 Å². The number of nitro groups is 1. The van der Waals surface area contributed by atoms with Crippen molar-refractivity contribution in [3.8, 4) is 6.07 Å². The summed E-state index contributed by atoms with van der Waals surface area (Å²) >= 11 is 0. The van der Waals surface area contributed by atoms with Crippen LogP contribution in [0.3, 0.4) is 0 Å². The van der Waals surface area contributed by atoms with E-state index in [1.807, 2.05) is 0 Å². The molecule has 1 atom stereocenters. The third kappa shape index (κ3) is 4.24. The monoisotopic (exact) mass is 436 g/mol. The fraction of sp³-hybridized carbons (Fsp3) is 0.579. The third-order valence-corrected chi connectivity index (χ3v) is 7.14. The fourth-order valence-electron chi connectivity index (χ4n) is 3.55. The predicted molar refractivity (Wildman–Crippen MR) is 106 cm³/mol. The number of likely N-dealkylation sites (tertiary alicyclic amines) is 1. The molecule has 0 bridgehead atoms.